The quantitative estimate of drug-likeness (QED) is 0.733. The molecule has 3 rings (SSSR count). The average molecular weight is 349 g/mol. The van der Waals surface area contributed by atoms with Gasteiger partial charge in [0, 0.05) is 57.7 Å². The first kappa shape index (κ1) is 18.4. The van der Waals surface area contributed by atoms with Crippen LogP contribution in [0.15, 0.2) is 54.6 Å². The first-order valence-corrected chi connectivity index (χ1v) is 9.41. The minimum absolute atomic E-state index is 0.623. The second-order valence-corrected chi connectivity index (χ2v) is 6.72. The Hall–Kier alpha value is -2.35. The largest absolute Gasteiger partial charge is 0.493 e. The van der Waals surface area contributed by atoms with Crippen LogP contribution in [0.2, 0.25) is 0 Å². The molecule has 0 amide bonds. The van der Waals surface area contributed by atoms with Crippen molar-refractivity contribution in [1.82, 2.24) is 9.80 Å². The zero-order chi connectivity index (χ0) is 18.0. The van der Waals surface area contributed by atoms with Crippen molar-refractivity contribution in [2.75, 3.05) is 39.3 Å². The van der Waals surface area contributed by atoms with Gasteiger partial charge in [-0.25, -0.2) is 0 Å². The first-order chi connectivity index (χ1) is 12.8. The van der Waals surface area contributed by atoms with Crippen LogP contribution in [-0.4, -0.2) is 49.1 Å². The molecule has 2 aromatic carbocycles. The summed E-state index contributed by atoms with van der Waals surface area (Å²) >= 11 is 0. The second-order valence-electron chi connectivity index (χ2n) is 6.72. The number of piperazine rings is 1. The lowest BCUT2D eigenvalue weighted by molar-refractivity contribution is 0.128. The Labute approximate surface area is 156 Å². The molecule has 1 heterocycles. The molecule has 1 fully saturated rings. The highest BCUT2D eigenvalue weighted by Crippen LogP contribution is 2.21. The highest BCUT2D eigenvalue weighted by Gasteiger charge is 2.17. The van der Waals surface area contributed by atoms with Gasteiger partial charge in [0.1, 0.15) is 5.75 Å². The molecule has 0 atom stereocenters. The van der Waals surface area contributed by atoms with Crippen molar-refractivity contribution in [3.63, 3.8) is 0 Å². The van der Waals surface area contributed by atoms with Crippen LogP contribution in [0.5, 0.6) is 5.75 Å². The van der Waals surface area contributed by atoms with E-state index in [1.807, 2.05) is 12.1 Å². The molecule has 0 unspecified atom stereocenters. The van der Waals surface area contributed by atoms with E-state index in [1.54, 1.807) is 0 Å². The van der Waals surface area contributed by atoms with Crippen LogP contribution in [0.1, 0.15) is 17.5 Å². The molecule has 26 heavy (non-hydrogen) atoms. The predicted molar refractivity (Wildman–Crippen MR) is 104 cm³/mol. The van der Waals surface area contributed by atoms with Gasteiger partial charge in [0.25, 0.3) is 0 Å². The van der Waals surface area contributed by atoms with E-state index in [4.69, 9.17) is 10.00 Å². The van der Waals surface area contributed by atoms with Crippen molar-refractivity contribution in [2.45, 2.75) is 19.4 Å². The highest BCUT2D eigenvalue weighted by molar-refractivity contribution is 5.33. The Morgan fingerprint density at radius 2 is 1.58 bits per heavy atom. The monoisotopic (exact) mass is 349 g/mol. The zero-order valence-electron chi connectivity index (χ0n) is 15.3. The Morgan fingerprint density at radius 1 is 0.885 bits per heavy atom. The van der Waals surface area contributed by atoms with Crippen molar-refractivity contribution in [3.8, 4) is 11.8 Å². The molecule has 1 aliphatic heterocycles. The maximum Gasteiger partial charge on any atom is 0.123 e. The molecule has 2 aromatic rings. The Bertz CT molecular complexity index is 703. The van der Waals surface area contributed by atoms with Gasteiger partial charge in [-0.05, 0) is 11.6 Å². The van der Waals surface area contributed by atoms with E-state index in [-0.39, 0.29) is 0 Å². The van der Waals surface area contributed by atoms with Crippen LogP contribution in [0.25, 0.3) is 0 Å². The van der Waals surface area contributed by atoms with E-state index < -0.39 is 0 Å². The number of ether oxygens (including phenoxy) is 1. The number of rotatable bonds is 8. The number of benzene rings is 2. The van der Waals surface area contributed by atoms with Crippen LogP contribution in [0.3, 0.4) is 0 Å². The van der Waals surface area contributed by atoms with E-state index in [2.05, 4.69) is 58.3 Å². The number of hydrogen-bond acceptors (Lipinski definition) is 4. The van der Waals surface area contributed by atoms with Gasteiger partial charge in [0.15, 0.2) is 0 Å². The van der Waals surface area contributed by atoms with E-state index in [1.165, 1.54) is 11.1 Å². The van der Waals surface area contributed by atoms with Crippen molar-refractivity contribution < 1.29 is 4.74 Å². The molecular weight excluding hydrogens is 322 g/mol. The van der Waals surface area contributed by atoms with E-state index in [0.717, 1.165) is 51.4 Å². The van der Waals surface area contributed by atoms with Gasteiger partial charge >= 0.3 is 0 Å². The van der Waals surface area contributed by atoms with Crippen LogP contribution in [-0.2, 0) is 13.0 Å². The van der Waals surface area contributed by atoms with E-state index in [0.29, 0.717) is 13.0 Å². The Kier molecular flexibility index (Phi) is 7.06. The van der Waals surface area contributed by atoms with Gasteiger partial charge < -0.3 is 4.74 Å². The molecule has 1 saturated heterocycles. The molecule has 4 nitrogen and oxygen atoms in total. The fourth-order valence-electron chi connectivity index (χ4n) is 3.32. The predicted octanol–water partition coefficient (Wildman–Crippen LogP) is 3.34. The minimum Gasteiger partial charge on any atom is -0.493 e. The van der Waals surface area contributed by atoms with Crippen molar-refractivity contribution in [1.29, 1.82) is 5.26 Å². The molecule has 136 valence electrons. The lowest BCUT2D eigenvalue weighted by atomic mass is 10.1. The van der Waals surface area contributed by atoms with Crippen LogP contribution < -0.4 is 4.74 Å². The van der Waals surface area contributed by atoms with Crippen molar-refractivity contribution in [2.24, 2.45) is 0 Å². The first-order valence-electron chi connectivity index (χ1n) is 9.41. The van der Waals surface area contributed by atoms with Gasteiger partial charge in [0.2, 0.25) is 0 Å². The second kappa shape index (κ2) is 9.96. The third kappa shape index (κ3) is 5.59. The standard InChI is InChI=1S/C22H27N3O/c23-12-6-13-24-14-16-25(17-15-24)19-21-9-4-5-10-22(21)26-18-11-20-7-2-1-3-8-20/h1-5,7-10H,6,11,13-19H2. The number of nitriles is 1. The highest BCUT2D eigenvalue weighted by atomic mass is 16.5. The van der Waals surface area contributed by atoms with E-state index in [9.17, 15) is 0 Å². The van der Waals surface area contributed by atoms with E-state index >= 15 is 0 Å². The molecule has 0 bridgehead atoms. The molecule has 0 aliphatic carbocycles. The van der Waals surface area contributed by atoms with Crippen molar-refractivity contribution in [3.05, 3.63) is 65.7 Å². The van der Waals surface area contributed by atoms with Crippen LogP contribution in [0, 0.1) is 11.3 Å². The summed E-state index contributed by atoms with van der Waals surface area (Å²) in [5.74, 6) is 0.996. The fraction of sp³-hybridized carbons (Fsp3) is 0.409. The van der Waals surface area contributed by atoms with Gasteiger partial charge in [-0.3, -0.25) is 9.80 Å². The summed E-state index contributed by atoms with van der Waals surface area (Å²) in [6, 6.07) is 21.1. The summed E-state index contributed by atoms with van der Waals surface area (Å²) in [6.07, 6.45) is 1.55. The van der Waals surface area contributed by atoms with Gasteiger partial charge in [-0.15, -0.1) is 0 Å². The SMILES string of the molecule is N#CCCN1CCN(Cc2ccccc2OCCc2ccccc2)CC1. The Morgan fingerprint density at radius 3 is 2.35 bits per heavy atom. The number of hydrogen-bond donors (Lipinski definition) is 0. The summed E-state index contributed by atoms with van der Waals surface area (Å²) in [5.41, 5.74) is 2.56. The summed E-state index contributed by atoms with van der Waals surface area (Å²) < 4.78 is 6.08. The molecule has 1 aliphatic rings. The van der Waals surface area contributed by atoms with Crippen LogP contribution in [0.4, 0.5) is 0 Å². The molecule has 4 heteroatoms. The smallest absolute Gasteiger partial charge is 0.123 e. The van der Waals surface area contributed by atoms with Gasteiger partial charge in [-0.2, -0.15) is 5.26 Å². The lowest BCUT2D eigenvalue weighted by Crippen LogP contribution is -2.46. The third-order valence-electron chi connectivity index (χ3n) is 4.86. The molecule has 0 radical (unpaired) electrons. The summed E-state index contributed by atoms with van der Waals surface area (Å²) in [4.78, 5) is 4.85. The maximum atomic E-state index is 8.72. The molecule has 0 saturated carbocycles. The Balaban J connectivity index is 1.49. The lowest BCUT2D eigenvalue weighted by Gasteiger charge is -2.34. The molecule has 0 N–H and O–H groups in total. The summed E-state index contributed by atoms with van der Waals surface area (Å²) in [6.45, 7) is 6.69. The topological polar surface area (TPSA) is 39.5 Å². The third-order valence-corrected chi connectivity index (χ3v) is 4.86. The normalized spacial score (nSPS) is 15.5. The molecule has 0 spiro atoms. The molecule has 0 aromatic heterocycles. The average Bonchev–Trinajstić information content (AvgIpc) is 2.69. The summed E-state index contributed by atoms with van der Waals surface area (Å²) in [7, 11) is 0. The molecular formula is C22H27N3O. The van der Waals surface area contributed by atoms with Crippen LogP contribution >= 0.6 is 0 Å². The minimum atomic E-state index is 0.623. The number of nitrogens with zero attached hydrogens (tertiary/aromatic N) is 3. The fourth-order valence-corrected chi connectivity index (χ4v) is 3.32. The van der Waals surface area contributed by atoms with Gasteiger partial charge in [0.05, 0.1) is 12.7 Å². The van der Waals surface area contributed by atoms with Gasteiger partial charge in [-0.1, -0.05) is 48.5 Å². The number of para-hydroxylation sites is 1. The summed E-state index contributed by atoms with van der Waals surface area (Å²) in [5, 5.41) is 8.72. The zero-order valence-corrected chi connectivity index (χ0v) is 15.3. The maximum absolute atomic E-state index is 8.72. The van der Waals surface area contributed by atoms with Crippen molar-refractivity contribution >= 4 is 0 Å².